The molecule has 3 aromatic rings. The van der Waals surface area contributed by atoms with Crippen LogP contribution in [0.4, 0.5) is 15.8 Å². The van der Waals surface area contributed by atoms with Crippen LogP contribution in [-0.4, -0.2) is 34.7 Å². The third-order valence-electron chi connectivity index (χ3n) is 4.60. The van der Waals surface area contributed by atoms with Crippen LogP contribution in [0.5, 0.6) is 5.75 Å². The van der Waals surface area contributed by atoms with Gasteiger partial charge < -0.3 is 10.1 Å². The van der Waals surface area contributed by atoms with E-state index in [2.05, 4.69) is 5.32 Å². The summed E-state index contributed by atoms with van der Waals surface area (Å²) in [6.45, 7) is 0. The Labute approximate surface area is 175 Å². The van der Waals surface area contributed by atoms with Crippen LogP contribution in [0.2, 0.25) is 0 Å². The van der Waals surface area contributed by atoms with Crippen molar-refractivity contribution in [1.29, 1.82) is 0 Å². The molecule has 0 aliphatic rings. The lowest BCUT2D eigenvalue weighted by atomic mass is 10.0. The molecule has 0 aliphatic heterocycles. The summed E-state index contributed by atoms with van der Waals surface area (Å²) in [4.78, 5) is 12.8. The quantitative estimate of drug-likeness (QED) is 0.640. The maximum Gasteiger partial charge on any atom is 0.255 e. The molecule has 0 aromatic heterocycles. The van der Waals surface area contributed by atoms with Crippen molar-refractivity contribution >= 4 is 27.3 Å². The molecule has 0 saturated carbocycles. The molecule has 0 aliphatic carbocycles. The number of hydrogen-bond donors (Lipinski definition) is 1. The summed E-state index contributed by atoms with van der Waals surface area (Å²) >= 11 is 0. The first-order valence-corrected chi connectivity index (χ1v) is 10.8. The number of nitrogens with one attached hydrogen (secondary N) is 1. The smallest absolute Gasteiger partial charge is 0.255 e. The average molecular weight is 428 g/mol. The number of amides is 1. The number of benzene rings is 3. The molecule has 3 rings (SSSR count). The molecule has 0 heterocycles. The molecule has 30 heavy (non-hydrogen) atoms. The van der Waals surface area contributed by atoms with Gasteiger partial charge in [0.25, 0.3) is 5.91 Å². The number of anilines is 2. The molecule has 0 saturated heterocycles. The molecule has 6 nitrogen and oxygen atoms in total. The van der Waals surface area contributed by atoms with Crippen molar-refractivity contribution in [3.05, 3.63) is 78.1 Å². The van der Waals surface area contributed by atoms with Gasteiger partial charge in [-0.2, -0.15) is 0 Å². The van der Waals surface area contributed by atoms with Crippen LogP contribution in [0.1, 0.15) is 10.4 Å². The highest BCUT2D eigenvalue weighted by atomic mass is 32.2. The van der Waals surface area contributed by atoms with Gasteiger partial charge in [0.2, 0.25) is 10.0 Å². The molecule has 0 radical (unpaired) electrons. The van der Waals surface area contributed by atoms with Crippen molar-refractivity contribution in [2.45, 2.75) is 0 Å². The lowest BCUT2D eigenvalue weighted by Crippen LogP contribution is -2.26. The van der Waals surface area contributed by atoms with Gasteiger partial charge in [-0.1, -0.05) is 30.3 Å². The summed E-state index contributed by atoms with van der Waals surface area (Å²) in [6.07, 6.45) is 1.06. The summed E-state index contributed by atoms with van der Waals surface area (Å²) in [6, 6.07) is 17.5. The summed E-state index contributed by atoms with van der Waals surface area (Å²) in [5, 5.41) is 2.74. The molecule has 0 bridgehead atoms. The lowest BCUT2D eigenvalue weighted by molar-refractivity contribution is 0.102. The number of halogens is 1. The molecule has 0 fully saturated rings. The van der Waals surface area contributed by atoms with E-state index in [-0.39, 0.29) is 11.4 Å². The predicted molar refractivity (Wildman–Crippen MR) is 116 cm³/mol. The normalized spacial score (nSPS) is 11.1. The molecule has 0 spiro atoms. The Morgan fingerprint density at radius 3 is 2.43 bits per heavy atom. The average Bonchev–Trinajstić information content (AvgIpc) is 2.73. The van der Waals surface area contributed by atoms with Gasteiger partial charge in [0.15, 0.2) is 0 Å². The van der Waals surface area contributed by atoms with Crippen LogP contribution in [0.25, 0.3) is 11.1 Å². The van der Waals surface area contributed by atoms with Crippen LogP contribution in [0.15, 0.2) is 66.7 Å². The zero-order valence-electron chi connectivity index (χ0n) is 16.7. The number of carbonyl (C=O) groups is 1. The molecule has 1 amide bonds. The van der Waals surface area contributed by atoms with E-state index in [1.165, 1.54) is 26.3 Å². The minimum atomic E-state index is -3.59. The molecular weight excluding hydrogens is 407 g/mol. The molecule has 156 valence electrons. The minimum Gasteiger partial charge on any atom is -0.497 e. The van der Waals surface area contributed by atoms with Crippen LogP contribution < -0.4 is 14.4 Å². The van der Waals surface area contributed by atoms with Gasteiger partial charge in [-0.25, -0.2) is 12.8 Å². The second kappa shape index (κ2) is 8.54. The Hall–Kier alpha value is -3.39. The predicted octanol–water partition coefficient (Wildman–Crippen LogP) is 4.15. The van der Waals surface area contributed by atoms with Gasteiger partial charge in [0, 0.05) is 18.2 Å². The zero-order chi connectivity index (χ0) is 21.9. The number of ether oxygens (including phenoxy) is 1. The van der Waals surface area contributed by atoms with E-state index < -0.39 is 21.7 Å². The van der Waals surface area contributed by atoms with Crippen LogP contribution in [0, 0.1) is 5.82 Å². The van der Waals surface area contributed by atoms with Crippen molar-refractivity contribution in [2.75, 3.05) is 30.0 Å². The fourth-order valence-corrected chi connectivity index (χ4v) is 3.43. The third-order valence-corrected chi connectivity index (χ3v) is 5.79. The largest absolute Gasteiger partial charge is 0.497 e. The first kappa shape index (κ1) is 21.3. The second-order valence-corrected chi connectivity index (χ2v) is 8.64. The van der Waals surface area contributed by atoms with Crippen LogP contribution >= 0.6 is 0 Å². The molecule has 0 unspecified atom stereocenters. The van der Waals surface area contributed by atoms with Crippen LogP contribution in [0.3, 0.4) is 0 Å². The molecule has 0 atom stereocenters. The Bertz CT molecular complexity index is 1200. The van der Waals surface area contributed by atoms with E-state index in [1.54, 1.807) is 54.6 Å². The van der Waals surface area contributed by atoms with E-state index in [4.69, 9.17) is 4.74 Å². The van der Waals surface area contributed by atoms with Crippen molar-refractivity contribution in [3.63, 3.8) is 0 Å². The highest BCUT2D eigenvalue weighted by Gasteiger charge is 2.19. The fourth-order valence-electron chi connectivity index (χ4n) is 2.91. The Balaban J connectivity index is 2.07. The monoisotopic (exact) mass is 428 g/mol. The van der Waals surface area contributed by atoms with Gasteiger partial charge in [-0.3, -0.25) is 9.10 Å². The summed E-state index contributed by atoms with van der Waals surface area (Å²) < 4.78 is 44.6. The number of nitrogens with zero attached hydrogens (tertiary/aromatic N) is 1. The van der Waals surface area contributed by atoms with E-state index in [0.717, 1.165) is 10.6 Å². The summed E-state index contributed by atoms with van der Waals surface area (Å²) in [5.41, 5.74) is 1.66. The second-order valence-electron chi connectivity index (χ2n) is 6.63. The topological polar surface area (TPSA) is 75.7 Å². The minimum absolute atomic E-state index is 0.233. The van der Waals surface area contributed by atoms with Gasteiger partial charge in [-0.05, 0) is 42.0 Å². The van der Waals surface area contributed by atoms with Gasteiger partial charge >= 0.3 is 0 Å². The Kier molecular flexibility index (Phi) is 6.07. The number of hydrogen-bond acceptors (Lipinski definition) is 4. The molecule has 8 heteroatoms. The van der Waals surface area contributed by atoms with Crippen LogP contribution in [-0.2, 0) is 10.0 Å². The summed E-state index contributed by atoms with van der Waals surface area (Å²) in [5.74, 6) is -0.370. The fraction of sp³-hybridized carbons (Fsp3) is 0.136. The Morgan fingerprint density at radius 1 is 1.03 bits per heavy atom. The standard InChI is InChI=1S/C22H21FN2O4S/c1-25(30(3,27)28)21-12-11-15(18-9-4-5-10-19(18)23)14-20(21)24-22(26)16-7-6-8-17(13-16)29-2/h4-14H,1-3H3,(H,24,26). The first-order chi connectivity index (χ1) is 14.2. The molecule has 1 N–H and O–H groups in total. The number of carbonyl (C=O) groups excluding carboxylic acids is 1. The first-order valence-electron chi connectivity index (χ1n) is 8.99. The highest BCUT2D eigenvalue weighted by Crippen LogP contribution is 2.33. The summed E-state index contributed by atoms with van der Waals surface area (Å²) in [7, 11) is -0.709. The van der Waals surface area contributed by atoms with E-state index in [9.17, 15) is 17.6 Å². The van der Waals surface area contributed by atoms with Crippen molar-refractivity contribution in [3.8, 4) is 16.9 Å². The van der Waals surface area contributed by atoms with Gasteiger partial charge in [0.1, 0.15) is 11.6 Å². The number of rotatable bonds is 6. The molecular formula is C22H21FN2O4S. The van der Waals surface area contributed by atoms with E-state index >= 15 is 0 Å². The number of methoxy groups -OCH3 is 1. The van der Waals surface area contributed by atoms with E-state index in [1.807, 2.05) is 0 Å². The zero-order valence-corrected chi connectivity index (χ0v) is 17.5. The maximum atomic E-state index is 14.3. The Morgan fingerprint density at radius 2 is 1.77 bits per heavy atom. The van der Waals surface area contributed by atoms with E-state index in [0.29, 0.717) is 22.4 Å². The SMILES string of the molecule is COc1cccc(C(=O)Nc2cc(-c3ccccc3F)ccc2N(C)S(C)(=O)=O)c1. The van der Waals surface area contributed by atoms with Crippen molar-refractivity contribution < 1.29 is 22.3 Å². The van der Waals surface area contributed by atoms with Crippen molar-refractivity contribution in [2.24, 2.45) is 0 Å². The van der Waals surface area contributed by atoms with Gasteiger partial charge in [0.05, 0.1) is 24.7 Å². The third kappa shape index (κ3) is 4.60. The molecule has 3 aromatic carbocycles. The lowest BCUT2D eigenvalue weighted by Gasteiger charge is -2.21. The maximum absolute atomic E-state index is 14.3. The van der Waals surface area contributed by atoms with Crippen molar-refractivity contribution in [1.82, 2.24) is 0 Å². The van der Waals surface area contributed by atoms with Gasteiger partial charge in [-0.15, -0.1) is 0 Å². The highest BCUT2D eigenvalue weighted by molar-refractivity contribution is 7.92. The number of sulfonamides is 1.